The van der Waals surface area contributed by atoms with E-state index >= 15 is 0 Å². The number of nitrogens with one attached hydrogen (secondary N) is 1. The Morgan fingerprint density at radius 1 is 1.16 bits per heavy atom. The number of nitrogens with zero attached hydrogens (tertiary/aromatic N) is 1. The lowest BCUT2D eigenvalue weighted by atomic mass is 10.1. The summed E-state index contributed by atoms with van der Waals surface area (Å²) >= 11 is 0. The number of pyridine rings is 1. The fraction of sp³-hybridized carbons (Fsp3) is 0.455. The molecule has 3 rings (SSSR count). The van der Waals surface area contributed by atoms with Crippen molar-refractivity contribution in [1.82, 2.24) is 10.3 Å². The first kappa shape index (κ1) is 23.0. The van der Waals surface area contributed by atoms with E-state index in [0.29, 0.717) is 42.4 Å². The number of amides is 1. The minimum Gasteiger partial charge on any atom is -0.406 e. The molecule has 0 bridgehead atoms. The van der Waals surface area contributed by atoms with E-state index in [-0.39, 0.29) is 17.6 Å². The van der Waals surface area contributed by atoms with Gasteiger partial charge in [-0.15, -0.1) is 13.2 Å². The maximum Gasteiger partial charge on any atom is 0.573 e. The van der Waals surface area contributed by atoms with E-state index < -0.39 is 6.36 Å². The number of halogens is 3. The second kappa shape index (κ2) is 10.6. The molecule has 1 atom stereocenters. The first-order chi connectivity index (χ1) is 14.8. The second-order valence-electron chi connectivity index (χ2n) is 7.53. The molecule has 1 aromatic carbocycles. The van der Waals surface area contributed by atoms with Crippen molar-refractivity contribution in [2.75, 3.05) is 19.8 Å². The van der Waals surface area contributed by atoms with Gasteiger partial charge in [0.15, 0.2) is 0 Å². The third-order valence-corrected chi connectivity index (χ3v) is 4.94. The number of aromatic nitrogens is 1. The zero-order valence-electron chi connectivity index (χ0n) is 17.2. The number of benzene rings is 1. The summed E-state index contributed by atoms with van der Waals surface area (Å²) in [6.45, 7) is 3.45. The van der Waals surface area contributed by atoms with Crippen LogP contribution in [0, 0.1) is 11.8 Å². The van der Waals surface area contributed by atoms with Gasteiger partial charge in [-0.05, 0) is 48.9 Å². The number of hydrogen-bond donors (Lipinski definition) is 1. The molecule has 0 radical (unpaired) electrons. The molecule has 1 aromatic heterocycles. The van der Waals surface area contributed by atoms with Crippen molar-refractivity contribution in [3.05, 3.63) is 48.3 Å². The molecule has 9 heteroatoms. The van der Waals surface area contributed by atoms with Crippen molar-refractivity contribution in [2.24, 2.45) is 11.8 Å². The SMILES string of the molecule is CCC(CNC(=O)c1cncc(-c2ccc(OC(F)(F)F)cc2)c1)COOCC1CC1. The third kappa shape index (κ3) is 7.84. The molecule has 1 aliphatic rings. The van der Waals surface area contributed by atoms with Gasteiger partial charge in [0, 0.05) is 30.4 Å². The van der Waals surface area contributed by atoms with Crippen LogP contribution in [0.2, 0.25) is 0 Å². The van der Waals surface area contributed by atoms with E-state index in [1.54, 1.807) is 6.07 Å². The van der Waals surface area contributed by atoms with E-state index in [4.69, 9.17) is 9.78 Å². The van der Waals surface area contributed by atoms with Crippen LogP contribution in [0.15, 0.2) is 42.7 Å². The van der Waals surface area contributed by atoms with Crippen LogP contribution in [0.1, 0.15) is 36.5 Å². The maximum atomic E-state index is 12.5. The Morgan fingerprint density at radius 3 is 2.55 bits per heavy atom. The van der Waals surface area contributed by atoms with Crippen LogP contribution < -0.4 is 10.1 Å². The number of carbonyl (C=O) groups is 1. The molecule has 0 saturated heterocycles. The summed E-state index contributed by atoms with van der Waals surface area (Å²) in [5.41, 5.74) is 1.58. The van der Waals surface area contributed by atoms with Crippen molar-refractivity contribution in [3.8, 4) is 16.9 Å². The number of rotatable bonds is 11. The van der Waals surface area contributed by atoms with E-state index in [1.165, 1.54) is 49.5 Å². The van der Waals surface area contributed by atoms with Crippen LogP contribution >= 0.6 is 0 Å². The summed E-state index contributed by atoms with van der Waals surface area (Å²) in [6.07, 6.45) is 1.43. The van der Waals surface area contributed by atoms with Crippen molar-refractivity contribution in [1.29, 1.82) is 0 Å². The first-order valence-electron chi connectivity index (χ1n) is 10.2. The van der Waals surface area contributed by atoms with Crippen LogP contribution in [-0.2, 0) is 9.78 Å². The van der Waals surface area contributed by atoms with E-state index in [2.05, 4.69) is 15.0 Å². The molecular formula is C22H25F3N2O4. The molecule has 1 unspecified atom stereocenters. The molecule has 0 aliphatic heterocycles. The van der Waals surface area contributed by atoms with Gasteiger partial charge in [0.05, 0.1) is 18.8 Å². The summed E-state index contributed by atoms with van der Waals surface area (Å²) in [5, 5.41) is 2.87. The quantitative estimate of drug-likeness (QED) is 0.311. The van der Waals surface area contributed by atoms with Gasteiger partial charge in [-0.25, -0.2) is 9.78 Å². The maximum absolute atomic E-state index is 12.5. The topological polar surface area (TPSA) is 69.7 Å². The Morgan fingerprint density at radius 2 is 1.90 bits per heavy atom. The normalized spacial score (nSPS) is 14.8. The predicted octanol–water partition coefficient (Wildman–Crippen LogP) is 4.76. The van der Waals surface area contributed by atoms with Crippen molar-refractivity contribution >= 4 is 5.91 Å². The molecule has 1 heterocycles. The summed E-state index contributed by atoms with van der Waals surface area (Å²) in [6, 6.07) is 7.02. The minimum absolute atomic E-state index is 0.112. The second-order valence-corrected chi connectivity index (χ2v) is 7.53. The Kier molecular flexibility index (Phi) is 7.86. The zero-order chi connectivity index (χ0) is 22.3. The summed E-state index contributed by atoms with van der Waals surface area (Å²) in [7, 11) is 0. The van der Waals surface area contributed by atoms with Crippen LogP contribution in [0.5, 0.6) is 5.75 Å². The molecule has 0 spiro atoms. The smallest absolute Gasteiger partial charge is 0.406 e. The highest BCUT2D eigenvalue weighted by molar-refractivity contribution is 5.95. The Balaban J connectivity index is 1.52. The largest absolute Gasteiger partial charge is 0.573 e. The van der Waals surface area contributed by atoms with Crippen molar-refractivity contribution < 1.29 is 32.5 Å². The lowest BCUT2D eigenvalue weighted by molar-refractivity contribution is -0.303. The third-order valence-electron chi connectivity index (χ3n) is 4.94. The molecule has 31 heavy (non-hydrogen) atoms. The molecule has 2 aromatic rings. The highest BCUT2D eigenvalue weighted by Crippen LogP contribution is 2.29. The average molecular weight is 438 g/mol. The Labute approximate surface area is 178 Å². The highest BCUT2D eigenvalue weighted by atomic mass is 19.4. The van der Waals surface area contributed by atoms with Gasteiger partial charge in [0.2, 0.25) is 0 Å². The van der Waals surface area contributed by atoms with Gasteiger partial charge in [-0.2, -0.15) is 0 Å². The first-order valence-corrected chi connectivity index (χ1v) is 10.2. The Hall–Kier alpha value is -2.65. The van der Waals surface area contributed by atoms with Gasteiger partial charge in [-0.3, -0.25) is 9.78 Å². The lowest BCUT2D eigenvalue weighted by Crippen LogP contribution is -2.31. The Bertz CT molecular complexity index is 855. The van der Waals surface area contributed by atoms with E-state index in [1.807, 2.05) is 6.92 Å². The minimum atomic E-state index is -4.74. The molecule has 1 aliphatic carbocycles. The van der Waals surface area contributed by atoms with Gasteiger partial charge < -0.3 is 10.1 Å². The number of ether oxygens (including phenoxy) is 1. The van der Waals surface area contributed by atoms with Crippen LogP contribution in [0.25, 0.3) is 11.1 Å². The molecule has 1 saturated carbocycles. The average Bonchev–Trinajstić information content (AvgIpc) is 3.57. The predicted molar refractivity (Wildman–Crippen MR) is 107 cm³/mol. The van der Waals surface area contributed by atoms with Crippen molar-refractivity contribution in [3.63, 3.8) is 0 Å². The summed E-state index contributed by atoms with van der Waals surface area (Å²) < 4.78 is 40.7. The molecule has 6 nitrogen and oxygen atoms in total. The fourth-order valence-corrected chi connectivity index (χ4v) is 2.80. The molecular weight excluding hydrogens is 413 g/mol. The van der Waals surface area contributed by atoms with E-state index in [9.17, 15) is 18.0 Å². The van der Waals surface area contributed by atoms with Gasteiger partial charge in [0.25, 0.3) is 5.91 Å². The number of hydrogen-bond acceptors (Lipinski definition) is 5. The van der Waals surface area contributed by atoms with Crippen LogP contribution in [-0.4, -0.2) is 37.0 Å². The zero-order valence-corrected chi connectivity index (χ0v) is 17.2. The van der Waals surface area contributed by atoms with Gasteiger partial charge in [0.1, 0.15) is 5.75 Å². The summed E-state index contributed by atoms with van der Waals surface area (Å²) in [4.78, 5) is 27.0. The lowest BCUT2D eigenvalue weighted by Gasteiger charge is -2.15. The molecule has 168 valence electrons. The standard InChI is InChI=1S/C22H25F3N2O4/c1-2-15(13-29-30-14-16-3-4-16)10-27-21(28)19-9-18(11-26-12-19)17-5-7-20(8-6-17)31-22(23,24)25/h5-9,11-12,15-16H,2-4,10,13-14H2,1H3,(H,27,28). The fourth-order valence-electron chi connectivity index (χ4n) is 2.80. The number of alkyl halides is 3. The summed E-state index contributed by atoms with van der Waals surface area (Å²) in [5.74, 6) is 0.129. The van der Waals surface area contributed by atoms with E-state index in [0.717, 1.165) is 6.42 Å². The monoisotopic (exact) mass is 438 g/mol. The van der Waals surface area contributed by atoms with Crippen LogP contribution in [0.4, 0.5) is 13.2 Å². The molecule has 1 amide bonds. The van der Waals surface area contributed by atoms with Crippen molar-refractivity contribution in [2.45, 2.75) is 32.5 Å². The van der Waals surface area contributed by atoms with Gasteiger partial charge in [-0.1, -0.05) is 19.1 Å². The molecule has 1 fully saturated rings. The number of carbonyl (C=O) groups excluding carboxylic acids is 1. The highest BCUT2D eigenvalue weighted by Gasteiger charge is 2.31. The van der Waals surface area contributed by atoms with Crippen LogP contribution in [0.3, 0.4) is 0 Å². The molecule has 1 N–H and O–H groups in total. The van der Waals surface area contributed by atoms with Gasteiger partial charge >= 0.3 is 6.36 Å².